The van der Waals surface area contributed by atoms with Crippen LogP contribution in [0.4, 0.5) is 5.69 Å². The van der Waals surface area contributed by atoms with E-state index in [4.69, 9.17) is 4.74 Å². The number of para-hydroxylation sites is 1. The quantitative estimate of drug-likeness (QED) is 0.769. The number of amides is 1. The first-order valence-electron chi connectivity index (χ1n) is 7.41. The minimum Gasteiger partial charge on any atom is -0.462 e. The third kappa shape index (κ3) is 4.93. The fourth-order valence-corrected chi connectivity index (χ4v) is 2.62. The molecule has 0 aliphatic heterocycles. The van der Waals surface area contributed by atoms with Crippen LogP contribution < -0.4 is 5.32 Å². The van der Waals surface area contributed by atoms with Crippen molar-refractivity contribution in [3.8, 4) is 0 Å². The summed E-state index contributed by atoms with van der Waals surface area (Å²) in [5, 5.41) is 2.78. The predicted octanol–water partition coefficient (Wildman–Crippen LogP) is 4.20. The molecular formula is C18H18BrNO3. The highest BCUT2D eigenvalue weighted by Crippen LogP contribution is 2.19. The van der Waals surface area contributed by atoms with E-state index in [0.717, 1.165) is 10.0 Å². The van der Waals surface area contributed by atoms with Crippen LogP contribution in [0.3, 0.4) is 0 Å². The molecule has 0 bridgehead atoms. The number of carbonyl (C=O) groups is 2. The van der Waals surface area contributed by atoms with Gasteiger partial charge in [0.2, 0.25) is 5.91 Å². The molecule has 0 atom stereocenters. The van der Waals surface area contributed by atoms with Crippen molar-refractivity contribution in [2.75, 3.05) is 11.9 Å². The number of hydrogen-bond acceptors (Lipinski definition) is 3. The van der Waals surface area contributed by atoms with Crippen molar-refractivity contribution in [2.24, 2.45) is 0 Å². The number of rotatable bonds is 6. The number of hydrogen-bond donors (Lipinski definition) is 1. The lowest BCUT2D eigenvalue weighted by atomic mass is 10.1. The van der Waals surface area contributed by atoms with Gasteiger partial charge in [-0.2, -0.15) is 0 Å². The average molecular weight is 376 g/mol. The van der Waals surface area contributed by atoms with E-state index in [9.17, 15) is 9.59 Å². The minimum absolute atomic E-state index is 0.141. The van der Waals surface area contributed by atoms with Crippen molar-refractivity contribution >= 4 is 33.5 Å². The smallest absolute Gasteiger partial charge is 0.340 e. The van der Waals surface area contributed by atoms with E-state index in [0.29, 0.717) is 30.7 Å². The van der Waals surface area contributed by atoms with Crippen LogP contribution in [0.2, 0.25) is 0 Å². The number of nitrogens with one attached hydrogen (secondary N) is 1. The third-order valence-electron chi connectivity index (χ3n) is 3.28. The number of aryl methyl sites for hydroxylation is 1. The predicted molar refractivity (Wildman–Crippen MR) is 93.5 cm³/mol. The molecule has 1 amide bonds. The average Bonchev–Trinajstić information content (AvgIpc) is 2.55. The van der Waals surface area contributed by atoms with Crippen molar-refractivity contribution in [1.29, 1.82) is 0 Å². The van der Waals surface area contributed by atoms with Gasteiger partial charge in [-0.15, -0.1) is 0 Å². The molecule has 0 aliphatic rings. The first-order chi connectivity index (χ1) is 11.1. The van der Waals surface area contributed by atoms with Gasteiger partial charge in [-0.05, 0) is 37.1 Å². The van der Waals surface area contributed by atoms with E-state index < -0.39 is 5.97 Å². The molecule has 0 saturated heterocycles. The molecule has 0 spiro atoms. The highest BCUT2D eigenvalue weighted by molar-refractivity contribution is 9.10. The van der Waals surface area contributed by atoms with Crippen LogP contribution in [0.25, 0.3) is 0 Å². The topological polar surface area (TPSA) is 55.4 Å². The van der Waals surface area contributed by atoms with Gasteiger partial charge in [0.05, 0.1) is 17.9 Å². The monoisotopic (exact) mass is 375 g/mol. The Morgan fingerprint density at radius 3 is 2.52 bits per heavy atom. The van der Waals surface area contributed by atoms with E-state index in [-0.39, 0.29) is 5.91 Å². The Morgan fingerprint density at radius 1 is 1.09 bits per heavy atom. The summed E-state index contributed by atoms with van der Waals surface area (Å²) in [4.78, 5) is 24.0. The summed E-state index contributed by atoms with van der Waals surface area (Å²) in [5.41, 5.74) is 1.91. The molecule has 0 heterocycles. The maximum atomic E-state index is 12.2. The molecule has 0 unspecified atom stereocenters. The van der Waals surface area contributed by atoms with Crippen LogP contribution in [0, 0.1) is 0 Å². The lowest BCUT2D eigenvalue weighted by Gasteiger charge is -2.10. The first kappa shape index (κ1) is 17.2. The molecule has 1 N–H and O–H groups in total. The lowest BCUT2D eigenvalue weighted by Crippen LogP contribution is -2.16. The zero-order valence-corrected chi connectivity index (χ0v) is 14.4. The highest BCUT2D eigenvalue weighted by Gasteiger charge is 2.14. The van der Waals surface area contributed by atoms with Crippen molar-refractivity contribution in [3.63, 3.8) is 0 Å². The summed E-state index contributed by atoms with van der Waals surface area (Å²) in [7, 11) is 0. The fraction of sp³-hybridized carbons (Fsp3) is 0.222. The van der Waals surface area contributed by atoms with Crippen molar-refractivity contribution < 1.29 is 14.3 Å². The molecule has 0 fully saturated rings. The van der Waals surface area contributed by atoms with Gasteiger partial charge in [-0.3, -0.25) is 4.79 Å². The van der Waals surface area contributed by atoms with Crippen LogP contribution in [0.1, 0.15) is 29.3 Å². The van der Waals surface area contributed by atoms with Gasteiger partial charge in [-0.1, -0.05) is 46.3 Å². The molecule has 0 aliphatic carbocycles. The number of benzene rings is 2. The number of esters is 1. The van der Waals surface area contributed by atoms with Crippen LogP contribution in [-0.2, 0) is 16.0 Å². The SMILES string of the molecule is CCOC(=O)c1ccccc1NC(=O)CCc1ccccc1Br. The van der Waals surface area contributed by atoms with Crippen LogP contribution in [0.15, 0.2) is 53.0 Å². The number of ether oxygens (including phenoxy) is 1. The van der Waals surface area contributed by atoms with Gasteiger partial charge in [-0.25, -0.2) is 4.79 Å². The van der Waals surface area contributed by atoms with E-state index in [1.54, 1.807) is 31.2 Å². The Morgan fingerprint density at radius 2 is 1.78 bits per heavy atom. The second-order valence-corrected chi connectivity index (χ2v) is 5.76. The summed E-state index contributed by atoms with van der Waals surface area (Å²) in [6.45, 7) is 2.04. The molecule has 4 nitrogen and oxygen atoms in total. The highest BCUT2D eigenvalue weighted by atomic mass is 79.9. The molecule has 0 radical (unpaired) electrons. The summed E-state index contributed by atoms with van der Waals surface area (Å²) >= 11 is 3.47. The Kier molecular flexibility index (Phi) is 6.35. The zero-order valence-electron chi connectivity index (χ0n) is 12.8. The molecule has 2 aromatic rings. The Balaban J connectivity index is 2.01. The molecule has 120 valence electrons. The summed E-state index contributed by atoms with van der Waals surface area (Å²) in [5.74, 6) is -0.577. The van der Waals surface area contributed by atoms with E-state index in [2.05, 4.69) is 21.2 Å². The summed E-state index contributed by atoms with van der Waals surface area (Å²) in [6.07, 6.45) is 0.953. The maximum absolute atomic E-state index is 12.2. The van der Waals surface area contributed by atoms with E-state index >= 15 is 0 Å². The Hall–Kier alpha value is -2.14. The maximum Gasteiger partial charge on any atom is 0.340 e. The van der Waals surface area contributed by atoms with Gasteiger partial charge in [0.25, 0.3) is 0 Å². The van der Waals surface area contributed by atoms with E-state index in [1.807, 2.05) is 24.3 Å². The molecule has 0 saturated carbocycles. The third-order valence-corrected chi connectivity index (χ3v) is 4.05. The molecule has 2 aromatic carbocycles. The minimum atomic E-state index is -0.436. The standard InChI is InChI=1S/C18H18BrNO3/c1-2-23-18(22)14-8-4-6-10-16(14)20-17(21)12-11-13-7-3-5-9-15(13)19/h3-10H,2,11-12H2,1H3,(H,20,21). The largest absolute Gasteiger partial charge is 0.462 e. The summed E-state index contributed by atoms with van der Waals surface area (Å²) < 4.78 is 5.98. The normalized spacial score (nSPS) is 10.2. The van der Waals surface area contributed by atoms with Gasteiger partial charge >= 0.3 is 5.97 Å². The van der Waals surface area contributed by atoms with Gasteiger partial charge in [0.15, 0.2) is 0 Å². The van der Waals surface area contributed by atoms with Gasteiger partial charge in [0.1, 0.15) is 0 Å². The molecule has 2 rings (SSSR count). The molecular weight excluding hydrogens is 358 g/mol. The molecule has 5 heteroatoms. The number of carbonyl (C=O) groups excluding carboxylic acids is 2. The second-order valence-electron chi connectivity index (χ2n) is 4.91. The van der Waals surface area contributed by atoms with Gasteiger partial charge < -0.3 is 10.1 Å². The van der Waals surface area contributed by atoms with Crippen molar-refractivity contribution in [2.45, 2.75) is 19.8 Å². The lowest BCUT2D eigenvalue weighted by molar-refractivity contribution is -0.116. The van der Waals surface area contributed by atoms with Crippen LogP contribution in [-0.4, -0.2) is 18.5 Å². The van der Waals surface area contributed by atoms with Crippen molar-refractivity contribution in [1.82, 2.24) is 0 Å². The molecule has 0 aromatic heterocycles. The summed E-state index contributed by atoms with van der Waals surface area (Å²) in [6, 6.07) is 14.6. The number of anilines is 1. The molecule has 23 heavy (non-hydrogen) atoms. The van der Waals surface area contributed by atoms with Crippen molar-refractivity contribution in [3.05, 3.63) is 64.1 Å². The first-order valence-corrected chi connectivity index (χ1v) is 8.20. The van der Waals surface area contributed by atoms with Gasteiger partial charge in [0, 0.05) is 10.9 Å². The zero-order chi connectivity index (χ0) is 16.7. The Labute approximate surface area is 144 Å². The second kappa shape index (κ2) is 8.48. The van der Waals surface area contributed by atoms with Crippen LogP contribution >= 0.6 is 15.9 Å². The Bertz CT molecular complexity index is 700. The van der Waals surface area contributed by atoms with Crippen LogP contribution in [0.5, 0.6) is 0 Å². The number of halogens is 1. The fourth-order valence-electron chi connectivity index (χ4n) is 2.14. The van der Waals surface area contributed by atoms with E-state index in [1.165, 1.54) is 0 Å².